The van der Waals surface area contributed by atoms with Crippen molar-refractivity contribution in [3.05, 3.63) is 65.5 Å². The summed E-state index contributed by atoms with van der Waals surface area (Å²) in [6.45, 7) is 7.55. The van der Waals surface area contributed by atoms with Crippen LogP contribution in [-0.2, 0) is 14.8 Å². The molecule has 0 bridgehead atoms. The lowest BCUT2D eigenvalue weighted by molar-refractivity contribution is 0.0730. The molecule has 2 aromatic heterocycles. The van der Waals surface area contributed by atoms with Gasteiger partial charge in [0.1, 0.15) is 0 Å². The van der Waals surface area contributed by atoms with Gasteiger partial charge in [-0.25, -0.2) is 18.8 Å². The van der Waals surface area contributed by atoms with Gasteiger partial charge in [0.15, 0.2) is 0 Å². The second kappa shape index (κ2) is 10.5. The standard InChI is InChI=1S/C28H33N7O3S/c1-20-17-22(19-29-32-28-30-24-7-3-4-8-25(24)31-28)21(2)35(20)27-18-23(9-10-26(27)33-11-5-6-12-33)39(36,37)34-13-15-38-16-14-34/h3-4,7-10,17-19H,5-6,11-16H2,1-2H3,(H2,30,31,32)/b29-19+. The number of hydrogen-bond acceptors (Lipinski definition) is 7. The van der Waals surface area contributed by atoms with Gasteiger partial charge in [0.2, 0.25) is 16.0 Å². The van der Waals surface area contributed by atoms with E-state index in [-0.39, 0.29) is 0 Å². The van der Waals surface area contributed by atoms with Gasteiger partial charge in [-0.05, 0) is 63.1 Å². The van der Waals surface area contributed by atoms with Crippen molar-refractivity contribution in [3.8, 4) is 5.69 Å². The maximum Gasteiger partial charge on any atom is 0.243 e. The van der Waals surface area contributed by atoms with Crippen molar-refractivity contribution in [2.75, 3.05) is 49.7 Å². The molecule has 4 heterocycles. The summed E-state index contributed by atoms with van der Waals surface area (Å²) in [7, 11) is -3.63. The molecule has 4 aromatic rings. The number of aryl methyl sites for hydroxylation is 1. The van der Waals surface area contributed by atoms with E-state index in [1.807, 2.05) is 50.2 Å². The molecule has 0 radical (unpaired) electrons. The Labute approximate surface area is 228 Å². The molecule has 0 aliphatic carbocycles. The highest BCUT2D eigenvalue weighted by Gasteiger charge is 2.28. The number of fused-ring (bicyclic) bond motifs is 1. The molecule has 2 aliphatic heterocycles. The van der Waals surface area contributed by atoms with Crippen molar-refractivity contribution in [1.82, 2.24) is 18.8 Å². The number of nitrogens with one attached hydrogen (secondary N) is 2. The van der Waals surface area contributed by atoms with E-state index in [1.165, 1.54) is 4.31 Å². The van der Waals surface area contributed by atoms with Crippen molar-refractivity contribution >= 4 is 38.9 Å². The lowest BCUT2D eigenvalue weighted by Crippen LogP contribution is -2.40. The summed E-state index contributed by atoms with van der Waals surface area (Å²) in [5.74, 6) is 0.568. The van der Waals surface area contributed by atoms with Crippen molar-refractivity contribution in [1.29, 1.82) is 0 Å². The minimum absolute atomic E-state index is 0.302. The van der Waals surface area contributed by atoms with Gasteiger partial charge in [0, 0.05) is 43.1 Å². The molecular weight excluding hydrogens is 514 g/mol. The number of nitrogens with zero attached hydrogens (tertiary/aromatic N) is 5. The number of benzene rings is 2. The summed E-state index contributed by atoms with van der Waals surface area (Å²) in [5.41, 5.74) is 9.62. The molecule has 2 saturated heterocycles. The van der Waals surface area contributed by atoms with Crippen LogP contribution in [0, 0.1) is 13.8 Å². The Balaban J connectivity index is 1.35. The number of imidazole rings is 1. The van der Waals surface area contributed by atoms with Crippen LogP contribution in [0.2, 0.25) is 0 Å². The van der Waals surface area contributed by atoms with Gasteiger partial charge in [0.25, 0.3) is 0 Å². The number of morpholine rings is 1. The van der Waals surface area contributed by atoms with Gasteiger partial charge in [-0.1, -0.05) is 12.1 Å². The minimum atomic E-state index is -3.63. The van der Waals surface area contributed by atoms with Crippen LogP contribution >= 0.6 is 0 Å². The zero-order valence-electron chi connectivity index (χ0n) is 22.2. The van der Waals surface area contributed by atoms with Crippen LogP contribution in [0.1, 0.15) is 29.8 Å². The van der Waals surface area contributed by atoms with Crippen LogP contribution in [0.3, 0.4) is 0 Å². The van der Waals surface area contributed by atoms with E-state index in [2.05, 4.69) is 36.0 Å². The smallest absolute Gasteiger partial charge is 0.243 e. The molecule has 0 spiro atoms. The topological polar surface area (TPSA) is 108 Å². The number of para-hydroxylation sites is 2. The second-order valence-corrected chi connectivity index (χ2v) is 11.9. The number of sulfonamides is 1. The number of aromatic amines is 1. The summed E-state index contributed by atoms with van der Waals surface area (Å²) in [5, 5.41) is 4.43. The molecule has 0 saturated carbocycles. The fourth-order valence-corrected chi connectivity index (χ4v) is 6.89. The van der Waals surface area contributed by atoms with Gasteiger partial charge in [0.05, 0.1) is 46.7 Å². The molecular formula is C28H33N7O3S. The second-order valence-electron chi connectivity index (χ2n) is 10.00. The first-order valence-corrected chi connectivity index (χ1v) is 14.8. The van der Waals surface area contributed by atoms with Crippen LogP contribution in [0.15, 0.2) is 58.5 Å². The van der Waals surface area contributed by atoms with Crippen LogP contribution < -0.4 is 10.3 Å². The average Bonchev–Trinajstić information content (AvgIpc) is 3.68. The highest BCUT2D eigenvalue weighted by atomic mass is 32.2. The number of hydrogen-bond donors (Lipinski definition) is 2. The SMILES string of the molecule is Cc1cc(/C=N/Nc2nc3ccccc3[nH]2)c(C)n1-c1cc(S(=O)(=O)N2CCOCC2)ccc1N1CCCC1. The zero-order valence-corrected chi connectivity index (χ0v) is 23.0. The lowest BCUT2D eigenvalue weighted by Gasteiger charge is -2.28. The van der Waals surface area contributed by atoms with Gasteiger partial charge in [-0.2, -0.15) is 9.41 Å². The third-order valence-corrected chi connectivity index (χ3v) is 9.37. The Hall–Kier alpha value is -3.67. The number of anilines is 2. The zero-order chi connectivity index (χ0) is 27.0. The molecule has 2 N–H and O–H groups in total. The monoisotopic (exact) mass is 547 g/mol. The van der Waals surface area contributed by atoms with E-state index in [1.54, 1.807) is 12.3 Å². The first-order valence-electron chi connectivity index (χ1n) is 13.3. The maximum absolute atomic E-state index is 13.5. The lowest BCUT2D eigenvalue weighted by atomic mass is 10.2. The van der Waals surface area contributed by atoms with Gasteiger partial charge >= 0.3 is 0 Å². The quantitative estimate of drug-likeness (QED) is 0.267. The summed E-state index contributed by atoms with van der Waals surface area (Å²) in [6.07, 6.45) is 4.03. The molecule has 2 fully saturated rings. The summed E-state index contributed by atoms with van der Waals surface area (Å²) >= 11 is 0. The van der Waals surface area contributed by atoms with E-state index in [4.69, 9.17) is 4.74 Å². The predicted octanol–water partition coefficient (Wildman–Crippen LogP) is 4.04. The Morgan fingerprint density at radius 3 is 2.54 bits per heavy atom. The first kappa shape index (κ1) is 25.6. The molecule has 2 aliphatic rings. The largest absolute Gasteiger partial charge is 0.379 e. The van der Waals surface area contributed by atoms with Crippen LogP contribution in [0.25, 0.3) is 16.7 Å². The Morgan fingerprint density at radius 1 is 1.00 bits per heavy atom. The summed E-state index contributed by atoms with van der Waals surface area (Å²) < 4.78 is 36.1. The highest BCUT2D eigenvalue weighted by Crippen LogP contribution is 2.34. The summed E-state index contributed by atoms with van der Waals surface area (Å²) in [6, 6.07) is 15.4. The minimum Gasteiger partial charge on any atom is -0.379 e. The molecule has 6 rings (SSSR count). The third-order valence-electron chi connectivity index (χ3n) is 7.48. The van der Waals surface area contributed by atoms with Crippen molar-refractivity contribution in [2.24, 2.45) is 5.10 Å². The summed E-state index contributed by atoms with van der Waals surface area (Å²) in [4.78, 5) is 10.4. The predicted molar refractivity (Wildman–Crippen MR) is 154 cm³/mol. The van der Waals surface area contributed by atoms with E-state index in [9.17, 15) is 8.42 Å². The highest BCUT2D eigenvalue weighted by molar-refractivity contribution is 7.89. The molecule has 11 heteroatoms. The molecule has 10 nitrogen and oxygen atoms in total. The van der Waals surface area contributed by atoms with E-state index in [0.29, 0.717) is 37.1 Å². The van der Waals surface area contributed by atoms with Crippen LogP contribution in [0.4, 0.5) is 11.6 Å². The van der Waals surface area contributed by atoms with E-state index < -0.39 is 10.0 Å². The number of hydrazone groups is 1. The van der Waals surface area contributed by atoms with Gasteiger partial charge < -0.3 is 19.2 Å². The Bertz CT molecular complexity index is 1600. The van der Waals surface area contributed by atoms with E-state index in [0.717, 1.165) is 65.3 Å². The van der Waals surface area contributed by atoms with Crippen molar-refractivity contribution in [2.45, 2.75) is 31.6 Å². The van der Waals surface area contributed by atoms with Crippen molar-refractivity contribution < 1.29 is 13.2 Å². The van der Waals surface area contributed by atoms with E-state index >= 15 is 0 Å². The van der Waals surface area contributed by atoms with Gasteiger partial charge in [-0.3, -0.25) is 0 Å². The molecule has 39 heavy (non-hydrogen) atoms. The fourth-order valence-electron chi connectivity index (χ4n) is 5.46. The first-order chi connectivity index (χ1) is 18.9. The number of rotatable bonds is 7. The molecule has 204 valence electrons. The maximum atomic E-state index is 13.5. The Kier molecular flexibility index (Phi) is 6.88. The van der Waals surface area contributed by atoms with Crippen LogP contribution in [0.5, 0.6) is 0 Å². The number of aromatic nitrogens is 3. The normalized spacial score (nSPS) is 17.0. The van der Waals surface area contributed by atoms with Crippen LogP contribution in [-0.4, -0.2) is 72.9 Å². The molecule has 0 unspecified atom stereocenters. The third kappa shape index (κ3) is 4.93. The number of ether oxygens (including phenoxy) is 1. The van der Waals surface area contributed by atoms with Crippen molar-refractivity contribution in [3.63, 3.8) is 0 Å². The number of H-pyrrole nitrogens is 1. The molecule has 0 atom stereocenters. The fraction of sp³-hybridized carbons (Fsp3) is 0.357. The average molecular weight is 548 g/mol. The molecule has 2 aromatic carbocycles. The molecule has 0 amide bonds. The Morgan fingerprint density at radius 2 is 1.77 bits per heavy atom. The van der Waals surface area contributed by atoms with Gasteiger partial charge in [-0.15, -0.1) is 0 Å².